The number of nitrogens with zero attached hydrogens (tertiary/aromatic N) is 6. The van der Waals surface area contributed by atoms with Crippen molar-refractivity contribution in [3.05, 3.63) is 47.9 Å². The number of ether oxygens (including phenoxy) is 1. The van der Waals surface area contributed by atoms with Gasteiger partial charge in [-0.25, -0.2) is 9.36 Å². The lowest BCUT2D eigenvalue weighted by atomic mass is 10.1. The Morgan fingerprint density at radius 3 is 2.64 bits per heavy atom. The highest BCUT2D eigenvalue weighted by Crippen LogP contribution is 2.18. The number of aromatic nitrogens is 6. The third kappa shape index (κ3) is 2.96. The van der Waals surface area contributed by atoms with Gasteiger partial charge in [-0.15, -0.1) is 10.2 Å². The molecule has 2 heterocycles. The predicted octanol–water partition coefficient (Wildman–Crippen LogP) is 1.03. The SMILES string of the molecule is CC(O)c1ccc(OCc2cn(-c3cnnn3C)nn2)cc1. The normalized spacial score (nSPS) is 12.3. The Hall–Kier alpha value is -2.74. The first-order valence-electron chi connectivity index (χ1n) is 6.80. The van der Waals surface area contributed by atoms with Crippen molar-refractivity contribution >= 4 is 0 Å². The average Bonchev–Trinajstić information content (AvgIpc) is 3.14. The summed E-state index contributed by atoms with van der Waals surface area (Å²) in [5, 5.41) is 25.2. The Bertz CT molecular complexity index is 747. The van der Waals surface area contributed by atoms with Crippen LogP contribution in [0.4, 0.5) is 0 Å². The van der Waals surface area contributed by atoms with E-state index >= 15 is 0 Å². The van der Waals surface area contributed by atoms with Gasteiger partial charge in [-0.1, -0.05) is 22.6 Å². The lowest BCUT2D eigenvalue weighted by molar-refractivity contribution is 0.199. The van der Waals surface area contributed by atoms with Gasteiger partial charge >= 0.3 is 0 Å². The molecule has 0 saturated carbocycles. The van der Waals surface area contributed by atoms with Crippen molar-refractivity contribution in [2.75, 3.05) is 0 Å². The molecule has 0 saturated heterocycles. The second-order valence-electron chi connectivity index (χ2n) is 4.90. The summed E-state index contributed by atoms with van der Waals surface area (Å²) in [6.45, 7) is 2.03. The fourth-order valence-electron chi connectivity index (χ4n) is 1.97. The zero-order valence-electron chi connectivity index (χ0n) is 12.3. The van der Waals surface area contributed by atoms with Gasteiger partial charge in [-0.3, -0.25) is 0 Å². The summed E-state index contributed by atoms with van der Waals surface area (Å²) in [5.41, 5.74) is 1.54. The van der Waals surface area contributed by atoms with Crippen molar-refractivity contribution in [2.24, 2.45) is 7.05 Å². The van der Waals surface area contributed by atoms with Gasteiger partial charge in [-0.05, 0) is 24.6 Å². The lowest BCUT2D eigenvalue weighted by Gasteiger charge is -2.07. The molecule has 3 rings (SSSR count). The highest BCUT2D eigenvalue weighted by molar-refractivity contribution is 5.28. The first-order valence-corrected chi connectivity index (χ1v) is 6.80. The van der Waals surface area contributed by atoms with Crippen LogP contribution in [-0.4, -0.2) is 35.1 Å². The van der Waals surface area contributed by atoms with Crippen molar-refractivity contribution in [1.29, 1.82) is 0 Å². The number of aliphatic hydroxyl groups is 1. The summed E-state index contributed by atoms with van der Waals surface area (Å²) in [7, 11) is 1.78. The molecule has 0 fully saturated rings. The molecule has 1 aromatic carbocycles. The van der Waals surface area contributed by atoms with Crippen LogP contribution in [0.1, 0.15) is 24.3 Å². The molecule has 8 nitrogen and oxygen atoms in total. The number of hydrogen-bond donors (Lipinski definition) is 1. The molecular weight excluding hydrogens is 284 g/mol. The molecule has 0 aliphatic rings. The Morgan fingerprint density at radius 2 is 2.00 bits per heavy atom. The summed E-state index contributed by atoms with van der Waals surface area (Å²) in [5.74, 6) is 1.43. The van der Waals surface area contributed by atoms with Crippen molar-refractivity contribution in [2.45, 2.75) is 19.6 Å². The van der Waals surface area contributed by atoms with E-state index in [0.29, 0.717) is 18.1 Å². The van der Waals surface area contributed by atoms with E-state index in [0.717, 1.165) is 11.4 Å². The topological polar surface area (TPSA) is 90.9 Å². The second-order valence-corrected chi connectivity index (χ2v) is 4.90. The molecule has 1 N–H and O–H groups in total. The van der Waals surface area contributed by atoms with E-state index in [9.17, 15) is 5.11 Å². The standard InChI is InChI=1S/C14H16N6O2/c1-10(21)11-3-5-13(6-4-11)22-9-12-8-20(18-16-12)14-7-15-17-19(14)2/h3-8,10,21H,9H2,1-2H3. The summed E-state index contributed by atoms with van der Waals surface area (Å²) in [6, 6.07) is 7.30. The molecule has 0 radical (unpaired) electrons. The minimum absolute atomic E-state index is 0.305. The van der Waals surface area contributed by atoms with Crippen molar-refractivity contribution in [1.82, 2.24) is 30.0 Å². The molecule has 0 aliphatic carbocycles. The Labute approximate surface area is 127 Å². The van der Waals surface area contributed by atoms with Crippen LogP contribution in [-0.2, 0) is 13.7 Å². The maximum Gasteiger partial charge on any atom is 0.173 e. The van der Waals surface area contributed by atoms with Crippen LogP contribution in [0.3, 0.4) is 0 Å². The smallest absolute Gasteiger partial charge is 0.173 e. The van der Waals surface area contributed by atoms with E-state index in [1.165, 1.54) is 0 Å². The van der Waals surface area contributed by atoms with E-state index in [1.54, 1.807) is 35.7 Å². The summed E-state index contributed by atoms with van der Waals surface area (Å²) in [6.07, 6.45) is 2.89. The summed E-state index contributed by atoms with van der Waals surface area (Å²) in [4.78, 5) is 0. The largest absolute Gasteiger partial charge is 0.487 e. The Kier molecular flexibility index (Phi) is 3.84. The van der Waals surface area contributed by atoms with Crippen LogP contribution >= 0.6 is 0 Å². The van der Waals surface area contributed by atoms with Gasteiger partial charge in [0.2, 0.25) is 0 Å². The highest BCUT2D eigenvalue weighted by atomic mass is 16.5. The van der Waals surface area contributed by atoms with E-state index in [-0.39, 0.29) is 0 Å². The first-order chi connectivity index (χ1) is 10.6. The van der Waals surface area contributed by atoms with Crippen LogP contribution in [0, 0.1) is 0 Å². The fraction of sp³-hybridized carbons (Fsp3) is 0.286. The second kappa shape index (κ2) is 5.94. The van der Waals surface area contributed by atoms with E-state index in [4.69, 9.17) is 4.74 Å². The quantitative estimate of drug-likeness (QED) is 0.756. The van der Waals surface area contributed by atoms with E-state index in [2.05, 4.69) is 20.6 Å². The number of aliphatic hydroxyl groups excluding tert-OH is 1. The number of rotatable bonds is 5. The zero-order chi connectivity index (χ0) is 15.5. The molecular formula is C14H16N6O2. The molecule has 3 aromatic rings. The molecule has 1 unspecified atom stereocenters. The predicted molar refractivity (Wildman–Crippen MR) is 77.3 cm³/mol. The number of benzene rings is 1. The molecule has 0 aliphatic heterocycles. The maximum atomic E-state index is 9.46. The number of aryl methyl sites for hydroxylation is 1. The van der Waals surface area contributed by atoms with Gasteiger partial charge in [0, 0.05) is 7.05 Å². The van der Waals surface area contributed by atoms with Crippen LogP contribution in [0.5, 0.6) is 5.75 Å². The molecule has 8 heteroatoms. The van der Waals surface area contributed by atoms with Crippen molar-refractivity contribution in [3.8, 4) is 11.6 Å². The average molecular weight is 300 g/mol. The Balaban J connectivity index is 1.65. The third-order valence-electron chi connectivity index (χ3n) is 3.22. The molecule has 0 bridgehead atoms. The van der Waals surface area contributed by atoms with Gasteiger partial charge in [0.15, 0.2) is 5.82 Å². The summed E-state index contributed by atoms with van der Waals surface area (Å²) >= 11 is 0. The lowest BCUT2D eigenvalue weighted by Crippen LogP contribution is -2.03. The Morgan fingerprint density at radius 1 is 1.23 bits per heavy atom. The van der Waals surface area contributed by atoms with Gasteiger partial charge in [0.05, 0.1) is 18.5 Å². The molecule has 0 spiro atoms. The van der Waals surface area contributed by atoms with E-state index in [1.807, 2.05) is 24.3 Å². The van der Waals surface area contributed by atoms with E-state index < -0.39 is 6.10 Å². The fourth-order valence-corrected chi connectivity index (χ4v) is 1.97. The number of hydrogen-bond acceptors (Lipinski definition) is 6. The third-order valence-corrected chi connectivity index (χ3v) is 3.22. The molecule has 1 atom stereocenters. The molecule has 114 valence electrons. The van der Waals surface area contributed by atoms with Gasteiger partial charge in [-0.2, -0.15) is 0 Å². The van der Waals surface area contributed by atoms with Crippen LogP contribution in [0.2, 0.25) is 0 Å². The molecule has 22 heavy (non-hydrogen) atoms. The van der Waals surface area contributed by atoms with Crippen LogP contribution < -0.4 is 4.74 Å². The van der Waals surface area contributed by atoms with Crippen molar-refractivity contribution < 1.29 is 9.84 Å². The zero-order valence-corrected chi connectivity index (χ0v) is 12.3. The van der Waals surface area contributed by atoms with Crippen LogP contribution in [0.15, 0.2) is 36.7 Å². The highest BCUT2D eigenvalue weighted by Gasteiger charge is 2.07. The molecule has 0 amide bonds. The molecule has 2 aromatic heterocycles. The minimum Gasteiger partial charge on any atom is -0.487 e. The van der Waals surface area contributed by atoms with Gasteiger partial charge in [0.1, 0.15) is 18.1 Å². The maximum absolute atomic E-state index is 9.46. The van der Waals surface area contributed by atoms with Crippen LogP contribution in [0.25, 0.3) is 5.82 Å². The van der Waals surface area contributed by atoms with Gasteiger partial charge < -0.3 is 9.84 Å². The monoisotopic (exact) mass is 300 g/mol. The minimum atomic E-state index is -0.485. The van der Waals surface area contributed by atoms with Gasteiger partial charge in [0.25, 0.3) is 0 Å². The first kappa shape index (κ1) is 14.2. The summed E-state index contributed by atoms with van der Waals surface area (Å²) < 4.78 is 8.85. The van der Waals surface area contributed by atoms with Crippen molar-refractivity contribution in [3.63, 3.8) is 0 Å².